The number of hydrogen-bond donors (Lipinski definition) is 2. The van der Waals surface area contributed by atoms with Crippen LogP contribution in [0.15, 0.2) is 0 Å². The summed E-state index contributed by atoms with van der Waals surface area (Å²) in [6.07, 6.45) is 2.45. The van der Waals surface area contributed by atoms with Gasteiger partial charge in [0.15, 0.2) is 0 Å². The Bertz CT molecular complexity index is 286. The van der Waals surface area contributed by atoms with E-state index in [1.165, 1.54) is 12.8 Å². The first-order valence-corrected chi connectivity index (χ1v) is 7.66. The summed E-state index contributed by atoms with van der Waals surface area (Å²) in [6.45, 7) is 6.61. The van der Waals surface area contributed by atoms with Crippen LogP contribution in [-0.4, -0.2) is 51.8 Å². The minimum atomic E-state index is -3.33. The first kappa shape index (κ1) is 13.9. The van der Waals surface area contributed by atoms with Gasteiger partial charge in [0, 0.05) is 13.1 Å². The largest absolute Gasteiger partial charge is 0.316 e. The van der Waals surface area contributed by atoms with Crippen molar-refractivity contribution in [2.75, 3.05) is 38.5 Å². The highest BCUT2D eigenvalue weighted by molar-refractivity contribution is 7.89. The molecule has 1 aliphatic heterocycles. The van der Waals surface area contributed by atoms with Crippen molar-refractivity contribution in [3.8, 4) is 0 Å². The lowest BCUT2D eigenvalue weighted by molar-refractivity contribution is 0.225. The monoisotopic (exact) mass is 249 g/mol. The van der Waals surface area contributed by atoms with Crippen molar-refractivity contribution in [2.45, 2.75) is 19.8 Å². The molecule has 1 rings (SSSR count). The Morgan fingerprint density at radius 1 is 1.50 bits per heavy atom. The molecule has 0 radical (unpaired) electrons. The lowest BCUT2D eigenvalue weighted by Gasteiger charge is -2.29. The first-order valence-electron chi connectivity index (χ1n) is 5.95. The molecular weight excluding hydrogens is 226 g/mol. The Morgan fingerprint density at radius 2 is 2.25 bits per heavy atom. The molecule has 0 saturated carbocycles. The summed E-state index contributed by atoms with van der Waals surface area (Å²) in [7, 11) is -3.33. The van der Waals surface area contributed by atoms with Gasteiger partial charge in [-0.25, -0.2) is 13.6 Å². The fourth-order valence-corrected chi connectivity index (χ4v) is 2.59. The van der Waals surface area contributed by atoms with Crippen LogP contribution >= 0.6 is 0 Å². The van der Waals surface area contributed by atoms with Gasteiger partial charge in [-0.05, 0) is 38.4 Å². The fourth-order valence-electron chi connectivity index (χ4n) is 2.08. The maximum atomic E-state index is 10.9. The van der Waals surface area contributed by atoms with Gasteiger partial charge in [-0.3, -0.25) is 0 Å². The molecule has 1 heterocycles. The zero-order chi connectivity index (χ0) is 12.0. The van der Waals surface area contributed by atoms with E-state index in [2.05, 4.69) is 17.1 Å². The number of primary sulfonamides is 1. The summed E-state index contributed by atoms with van der Waals surface area (Å²) >= 11 is 0. The van der Waals surface area contributed by atoms with E-state index in [1.807, 2.05) is 0 Å². The van der Waals surface area contributed by atoms with Crippen LogP contribution in [0.2, 0.25) is 0 Å². The van der Waals surface area contributed by atoms with Crippen molar-refractivity contribution in [3.63, 3.8) is 0 Å². The van der Waals surface area contributed by atoms with Gasteiger partial charge in [-0.2, -0.15) is 0 Å². The summed E-state index contributed by atoms with van der Waals surface area (Å²) in [4.78, 5) is 2.17. The maximum Gasteiger partial charge on any atom is 0.210 e. The Kier molecular flexibility index (Phi) is 5.68. The molecule has 0 aliphatic carbocycles. The van der Waals surface area contributed by atoms with Gasteiger partial charge in [0.1, 0.15) is 0 Å². The highest BCUT2D eigenvalue weighted by Crippen LogP contribution is 2.11. The van der Waals surface area contributed by atoms with Gasteiger partial charge in [-0.1, -0.05) is 6.92 Å². The molecular formula is C10H23N3O2S. The molecule has 3 N–H and O–H groups in total. The zero-order valence-corrected chi connectivity index (χ0v) is 10.8. The molecule has 1 aliphatic rings. The van der Waals surface area contributed by atoms with Crippen molar-refractivity contribution in [3.05, 3.63) is 0 Å². The van der Waals surface area contributed by atoms with Gasteiger partial charge in [-0.15, -0.1) is 0 Å². The first-order chi connectivity index (χ1) is 7.51. The minimum Gasteiger partial charge on any atom is -0.316 e. The lowest BCUT2D eigenvalue weighted by atomic mass is 9.99. The Labute approximate surface area is 98.4 Å². The van der Waals surface area contributed by atoms with Crippen molar-refractivity contribution in [1.82, 2.24) is 10.2 Å². The molecule has 0 aromatic carbocycles. The third kappa shape index (κ3) is 5.79. The predicted octanol–water partition coefficient (Wildman–Crippen LogP) is -0.404. The van der Waals surface area contributed by atoms with Gasteiger partial charge >= 0.3 is 0 Å². The number of nitrogens with two attached hydrogens (primary N) is 1. The minimum absolute atomic E-state index is 0.0565. The average molecular weight is 249 g/mol. The highest BCUT2D eigenvalue weighted by Gasteiger charge is 2.17. The summed E-state index contributed by atoms with van der Waals surface area (Å²) in [5.74, 6) is 0.704. The van der Waals surface area contributed by atoms with Crippen molar-refractivity contribution < 1.29 is 8.42 Å². The van der Waals surface area contributed by atoms with Crippen LogP contribution in [0.4, 0.5) is 0 Å². The molecule has 0 aromatic heterocycles. The molecule has 0 spiro atoms. The predicted molar refractivity (Wildman–Crippen MR) is 65.7 cm³/mol. The molecule has 96 valence electrons. The summed E-state index contributed by atoms with van der Waals surface area (Å²) < 4.78 is 21.8. The number of piperidine rings is 1. The summed E-state index contributed by atoms with van der Waals surface area (Å²) in [5, 5.41) is 8.37. The Hall–Kier alpha value is -0.170. The normalized spacial score (nSPS) is 22.6. The van der Waals surface area contributed by atoms with E-state index in [1.54, 1.807) is 0 Å². The van der Waals surface area contributed by atoms with E-state index < -0.39 is 10.0 Å². The zero-order valence-electron chi connectivity index (χ0n) is 9.98. The van der Waals surface area contributed by atoms with Crippen LogP contribution in [0.3, 0.4) is 0 Å². The average Bonchev–Trinajstić information content (AvgIpc) is 2.24. The SMILES string of the molecule is CCN(CCS(N)(=O)=O)CC1CCCNC1. The quantitative estimate of drug-likeness (QED) is 0.671. The molecule has 5 nitrogen and oxygen atoms in total. The molecule has 1 saturated heterocycles. The third-order valence-corrected chi connectivity index (χ3v) is 3.81. The number of nitrogens with zero attached hydrogens (tertiary/aromatic N) is 1. The van der Waals surface area contributed by atoms with E-state index in [0.29, 0.717) is 12.5 Å². The molecule has 1 fully saturated rings. The molecule has 1 atom stereocenters. The second kappa shape index (κ2) is 6.54. The number of sulfonamides is 1. The molecule has 0 aromatic rings. The van der Waals surface area contributed by atoms with Crippen LogP contribution in [0.5, 0.6) is 0 Å². The number of nitrogens with one attached hydrogen (secondary N) is 1. The highest BCUT2D eigenvalue weighted by atomic mass is 32.2. The molecule has 16 heavy (non-hydrogen) atoms. The lowest BCUT2D eigenvalue weighted by Crippen LogP contribution is -2.40. The van der Waals surface area contributed by atoms with Gasteiger partial charge in [0.2, 0.25) is 10.0 Å². The van der Waals surface area contributed by atoms with Crippen LogP contribution in [0.1, 0.15) is 19.8 Å². The van der Waals surface area contributed by atoms with Crippen molar-refractivity contribution in [2.24, 2.45) is 11.1 Å². The topological polar surface area (TPSA) is 75.4 Å². The van der Waals surface area contributed by atoms with Gasteiger partial charge in [0.05, 0.1) is 5.75 Å². The van der Waals surface area contributed by atoms with E-state index in [0.717, 1.165) is 26.2 Å². The smallest absolute Gasteiger partial charge is 0.210 e. The number of hydrogen-bond acceptors (Lipinski definition) is 4. The van der Waals surface area contributed by atoms with E-state index in [9.17, 15) is 8.42 Å². The molecule has 1 unspecified atom stereocenters. The molecule has 0 amide bonds. The summed E-state index contributed by atoms with van der Waals surface area (Å²) in [5.41, 5.74) is 0. The Balaban J connectivity index is 2.30. The maximum absolute atomic E-state index is 10.9. The molecule has 0 bridgehead atoms. The van der Waals surface area contributed by atoms with Crippen LogP contribution in [-0.2, 0) is 10.0 Å². The second-order valence-electron chi connectivity index (χ2n) is 4.47. The van der Waals surface area contributed by atoms with E-state index >= 15 is 0 Å². The fraction of sp³-hybridized carbons (Fsp3) is 1.00. The standard InChI is InChI=1S/C10H23N3O2S/c1-2-13(6-7-16(11,14)15)9-10-4-3-5-12-8-10/h10,12H,2-9H2,1H3,(H2,11,14,15). The van der Waals surface area contributed by atoms with Gasteiger partial charge < -0.3 is 10.2 Å². The van der Waals surface area contributed by atoms with Crippen LogP contribution < -0.4 is 10.5 Å². The van der Waals surface area contributed by atoms with Crippen molar-refractivity contribution >= 4 is 10.0 Å². The third-order valence-electron chi connectivity index (χ3n) is 3.05. The van der Waals surface area contributed by atoms with Crippen LogP contribution in [0.25, 0.3) is 0 Å². The second-order valence-corrected chi connectivity index (χ2v) is 6.21. The van der Waals surface area contributed by atoms with Crippen molar-refractivity contribution in [1.29, 1.82) is 0 Å². The molecule has 6 heteroatoms. The number of rotatable bonds is 6. The van der Waals surface area contributed by atoms with Gasteiger partial charge in [0.25, 0.3) is 0 Å². The van der Waals surface area contributed by atoms with Crippen LogP contribution in [0, 0.1) is 5.92 Å². The summed E-state index contributed by atoms with van der Waals surface area (Å²) in [6, 6.07) is 0. The van der Waals surface area contributed by atoms with E-state index in [4.69, 9.17) is 5.14 Å². The Morgan fingerprint density at radius 3 is 2.75 bits per heavy atom. The van der Waals surface area contributed by atoms with E-state index in [-0.39, 0.29) is 5.75 Å².